The van der Waals surface area contributed by atoms with Gasteiger partial charge in [-0.3, -0.25) is 4.79 Å². The van der Waals surface area contributed by atoms with Gasteiger partial charge in [0.15, 0.2) is 0 Å². The zero-order chi connectivity index (χ0) is 13.8. The maximum absolute atomic E-state index is 12.2. The van der Waals surface area contributed by atoms with Gasteiger partial charge >= 0.3 is 0 Å². The second kappa shape index (κ2) is 6.27. The molecule has 1 aromatic carbocycles. The van der Waals surface area contributed by atoms with Gasteiger partial charge in [-0.25, -0.2) is 0 Å². The number of nitrogens with one attached hydrogen (secondary N) is 2. The summed E-state index contributed by atoms with van der Waals surface area (Å²) in [6, 6.07) is 7.76. The predicted octanol–water partition coefficient (Wildman–Crippen LogP) is 2.56. The lowest BCUT2D eigenvalue weighted by Gasteiger charge is -2.18. The molecule has 0 bridgehead atoms. The van der Waals surface area contributed by atoms with Crippen LogP contribution in [-0.4, -0.2) is 25.1 Å². The van der Waals surface area contributed by atoms with Gasteiger partial charge in [0.1, 0.15) is 5.75 Å². The van der Waals surface area contributed by atoms with Crippen molar-refractivity contribution < 1.29 is 9.53 Å². The number of benzene rings is 1. The van der Waals surface area contributed by atoms with Crippen LogP contribution >= 0.6 is 0 Å². The van der Waals surface area contributed by atoms with E-state index >= 15 is 0 Å². The molecule has 1 heterocycles. The molecule has 1 saturated carbocycles. The van der Waals surface area contributed by atoms with Crippen LogP contribution in [-0.2, 0) is 4.79 Å². The highest BCUT2D eigenvalue weighted by atomic mass is 16.5. The van der Waals surface area contributed by atoms with Crippen LogP contribution in [0.15, 0.2) is 24.3 Å². The minimum atomic E-state index is 0.0783. The predicted molar refractivity (Wildman–Crippen MR) is 78.9 cm³/mol. The lowest BCUT2D eigenvalue weighted by atomic mass is 10.1. The van der Waals surface area contributed by atoms with Crippen molar-refractivity contribution in [1.82, 2.24) is 5.32 Å². The van der Waals surface area contributed by atoms with Gasteiger partial charge in [0.2, 0.25) is 5.91 Å². The highest BCUT2D eigenvalue weighted by Gasteiger charge is 2.24. The third-order valence-corrected chi connectivity index (χ3v) is 4.17. The maximum atomic E-state index is 12.2. The van der Waals surface area contributed by atoms with Crippen molar-refractivity contribution >= 4 is 11.6 Å². The van der Waals surface area contributed by atoms with Gasteiger partial charge in [-0.15, -0.1) is 0 Å². The molecule has 1 unspecified atom stereocenters. The molecule has 1 aromatic rings. The topological polar surface area (TPSA) is 50.4 Å². The van der Waals surface area contributed by atoms with Gasteiger partial charge in [-0.2, -0.15) is 0 Å². The van der Waals surface area contributed by atoms with E-state index in [4.69, 9.17) is 4.74 Å². The quantitative estimate of drug-likeness (QED) is 0.887. The van der Waals surface area contributed by atoms with Crippen molar-refractivity contribution in [3.8, 4) is 5.75 Å². The van der Waals surface area contributed by atoms with Crippen molar-refractivity contribution in [2.24, 2.45) is 5.92 Å². The molecule has 2 fully saturated rings. The number of anilines is 1. The number of amides is 1. The Bertz CT molecular complexity index is 463. The molecule has 0 aromatic heterocycles. The molecule has 2 N–H and O–H groups in total. The minimum absolute atomic E-state index is 0.0783. The number of carbonyl (C=O) groups is 1. The molecule has 1 atom stereocenters. The molecule has 1 aliphatic heterocycles. The monoisotopic (exact) mass is 274 g/mol. The van der Waals surface area contributed by atoms with E-state index in [1.165, 1.54) is 12.8 Å². The van der Waals surface area contributed by atoms with Gasteiger partial charge in [-0.05, 0) is 50.8 Å². The molecule has 20 heavy (non-hydrogen) atoms. The standard InChI is InChI=1S/C16H22N2O2/c19-16(12-9-10-17-11-12)18-14-7-3-4-8-15(14)20-13-5-1-2-6-13/h3-4,7-8,12-13,17H,1-2,5-6,9-11H2,(H,18,19). The van der Waals surface area contributed by atoms with E-state index in [0.717, 1.165) is 43.8 Å². The van der Waals surface area contributed by atoms with E-state index in [0.29, 0.717) is 6.10 Å². The molecule has 108 valence electrons. The largest absolute Gasteiger partial charge is 0.488 e. The van der Waals surface area contributed by atoms with Crippen LogP contribution < -0.4 is 15.4 Å². The Morgan fingerprint density at radius 2 is 2.00 bits per heavy atom. The zero-order valence-corrected chi connectivity index (χ0v) is 11.7. The average Bonchev–Trinajstić information content (AvgIpc) is 3.13. The number of para-hydroxylation sites is 2. The van der Waals surface area contributed by atoms with Gasteiger partial charge in [0.05, 0.1) is 17.7 Å². The third kappa shape index (κ3) is 3.12. The summed E-state index contributed by atoms with van der Waals surface area (Å²) in [5, 5.41) is 6.24. The second-order valence-electron chi connectivity index (χ2n) is 5.70. The molecule has 0 spiro atoms. The first kappa shape index (κ1) is 13.4. The Labute approximate surface area is 119 Å². The number of hydrogen-bond donors (Lipinski definition) is 2. The van der Waals surface area contributed by atoms with Gasteiger partial charge < -0.3 is 15.4 Å². The average molecular weight is 274 g/mol. The smallest absolute Gasteiger partial charge is 0.228 e. The lowest BCUT2D eigenvalue weighted by molar-refractivity contribution is -0.119. The molecule has 1 saturated heterocycles. The highest BCUT2D eigenvalue weighted by Crippen LogP contribution is 2.30. The Morgan fingerprint density at radius 1 is 1.20 bits per heavy atom. The summed E-state index contributed by atoms with van der Waals surface area (Å²) < 4.78 is 6.04. The van der Waals surface area contributed by atoms with E-state index in [-0.39, 0.29) is 11.8 Å². The fourth-order valence-corrected chi connectivity index (χ4v) is 2.97. The summed E-state index contributed by atoms with van der Waals surface area (Å²) in [7, 11) is 0. The van der Waals surface area contributed by atoms with Gasteiger partial charge in [0.25, 0.3) is 0 Å². The first-order valence-electron chi connectivity index (χ1n) is 7.60. The number of rotatable bonds is 4. The lowest BCUT2D eigenvalue weighted by Crippen LogP contribution is -2.25. The van der Waals surface area contributed by atoms with Crippen molar-refractivity contribution in [3.63, 3.8) is 0 Å². The van der Waals surface area contributed by atoms with Crippen LogP contribution in [0.5, 0.6) is 5.75 Å². The third-order valence-electron chi connectivity index (χ3n) is 4.17. The molecule has 4 heteroatoms. The molecular formula is C16H22N2O2. The van der Waals surface area contributed by atoms with Gasteiger partial charge in [0, 0.05) is 6.54 Å². The SMILES string of the molecule is O=C(Nc1ccccc1OC1CCCC1)C1CCNC1. The first-order valence-corrected chi connectivity index (χ1v) is 7.60. The molecule has 3 rings (SSSR count). The summed E-state index contributed by atoms with van der Waals surface area (Å²) in [6.45, 7) is 1.70. The van der Waals surface area contributed by atoms with Crippen molar-refractivity contribution in [1.29, 1.82) is 0 Å². The fraction of sp³-hybridized carbons (Fsp3) is 0.562. The number of hydrogen-bond acceptors (Lipinski definition) is 3. The van der Waals surface area contributed by atoms with E-state index in [9.17, 15) is 4.79 Å². The maximum Gasteiger partial charge on any atom is 0.228 e. The van der Waals surface area contributed by atoms with Crippen LogP contribution in [0, 0.1) is 5.92 Å². The number of carbonyl (C=O) groups excluding carboxylic acids is 1. The van der Waals surface area contributed by atoms with E-state index in [2.05, 4.69) is 10.6 Å². The Kier molecular flexibility index (Phi) is 4.21. The highest BCUT2D eigenvalue weighted by molar-refractivity contribution is 5.94. The molecule has 1 amide bonds. The summed E-state index contributed by atoms with van der Waals surface area (Å²) in [5.74, 6) is 0.978. The van der Waals surface area contributed by atoms with Crippen molar-refractivity contribution in [2.45, 2.75) is 38.2 Å². The van der Waals surface area contributed by atoms with Crippen LogP contribution in [0.4, 0.5) is 5.69 Å². The molecular weight excluding hydrogens is 252 g/mol. The van der Waals surface area contributed by atoms with Crippen molar-refractivity contribution in [2.75, 3.05) is 18.4 Å². The molecule has 4 nitrogen and oxygen atoms in total. The Morgan fingerprint density at radius 3 is 2.75 bits per heavy atom. The molecule has 2 aliphatic rings. The first-order chi connectivity index (χ1) is 9.83. The second-order valence-corrected chi connectivity index (χ2v) is 5.70. The van der Waals surface area contributed by atoms with Crippen LogP contribution in [0.25, 0.3) is 0 Å². The van der Waals surface area contributed by atoms with E-state index in [1.54, 1.807) is 0 Å². The normalized spacial score (nSPS) is 22.9. The summed E-state index contributed by atoms with van der Waals surface area (Å²) in [4.78, 5) is 12.2. The van der Waals surface area contributed by atoms with Gasteiger partial charge in [-0.1, -0.05) is 12.1 Å². The van der Waals surface area contributed by atoms with Crippen LogP contribution in [0.1, 0.15) is 32.1 Å². The van der Waals surface area contributed by atoms with E-state index < -0.39 is 0 Å². The van der Waals surface area contributed by atoms with Crippen LogP contribution in [0.3, 0.4) is 0 Å². The number of ether oxygens (including phenoxy) is 1. The van der Waals surface area contributed by atoms with Crippen LogP contribution in [0.2, 0.25) is 0 Å². The summed E-state index contributed by atoms with van der Waals surface area (Å²) >= 11 is 0. The van der Waals surface area contributed by atoms with Crippen molar-refractivity contribution in [3.05, 3.63) is 24.3 Å². The Balaban J connectivity index is 1.66. The zero-order valence-electron chi connectivity index (χ0n) is 11.7. The Hall–Kier alpha value is -1.55. The summed E-state index contributed by atoms with van der Waals surface area (Å²) in [5.41, 5.74) is 0.802. The summed E-state index contributed by atoms with van der Waals surface area (Å²) in [6.07, 6.45) is 5.95. The minimum Gasteiger partial charge on any atom is -0.488 e. The molecule has 1 aliphatic carbocycles. The molecule has 0 radical (unpaired) electrons. The van der Waals surface area contributed by atoms with E-state index in [1.807, 2.05) is 24.3 Å². The fourth-order valence-electron chi connectivity index (χ4n) is 2.97.